The van der Waals surface area contributed by atoms with E-state index in [2.05, 4.69) is 4.74 Å². The summed E-state index contributed by atoms with van der Waals surface area (Å²) in [5.74, 6) is -2.76. The first-order chi connectivity index (χ1) is 6.65. The summed E-state index contributed by atoms with van der Waals surface area (Å²) in [6.45, 7) is 0.184. The lowest BCUT2D eigenvalue weighted by Crippen LogP contribution is -2.20. The predicted molar refractivity (Wildman–Crippen MR) is 47.6 cm³/mol. The zero-order chi connectivity index (χ0) is 10.6. The number of carboxylic acid groups (broad SMARTS) is 1. The molecule has 0 fully saturated rings. The van der Waals surface area contributed by atoms with Crippen LogP contribution in [0.5, 0.6) is 5.75 Å². The van der Waals surface area contributed by atoms with Crippen molar-refractivity contribution >= 4 is 11.9 Å². The van der Waals surface area contributed by atoms with Gasteiger partial charge in [0.25, 0.3) is 0 Å². The standard InChI is InChI=1S/C9H9NO4/c10-5-6-3-1-2-4-7(6)14-9(13)8(11)12/h1-4H,5,10H2,(H,11,12). The Morgan fingerprint density at radius 1 is 1.36 bits per heavy atom. The van der Waals surface area contributed by atoms with E-state index in [1.54, 1.807) is 18.2 Å². The van der Waals surface area contributed by atoms with Crippen LogP contribution in [0, 0.1) is 0 Å². The molecule has 5 nitrogen and oxygen atoms in total. The van der Waals surface area contributed by atoms with Crippen LogP contribution in [0.4, 0.5) is 0 Å². The van der Waals surface area contributed by atoms with E-state index in [4.69, 9.17) is 10.8 Å². The van der Waals surface area contributed by atoms with E-state index in [1.165, 1.54) is 6.07 Å². The molecule has 0 aliphatic rings. The first-order valence-electron chi connectivity index (χ1n) is 3.88. The van der Waals surface area contributed by atoms with Gasteiger partial charge < -0.3 is 15.6 Å². The number of esters is 1. The molecule has 0 saturated heterocycles. The Morgan fingerprint density at radius 3 is 2.57 bits per heavy atom. The number of benzene rings is 1. The van der Waals surface area contributed by atoms with Gasteiger partial charge in [0, 0.05) is 12.1 Å². The van der Waals surface area contributed by atoms with Crippen LogP contribution in [0.3, 0.4) is 0 Å². The second-order valence-electron chi connectivity index (χ2n) is 2.51. The van der Waals surface area contributed by atoms with Crippen LogP contribution in [0.15, 0.2) is 24.3 Å². The fourth-order valence-corrected chi connectivity index (χ4v) is 0.916. The molecule has 0 aliphatic carbocycles. The Kier molecular flexibility index (Phi) is 3.19. The number of aliphatic carboxylic acids is 1. The minimum atomic E-state index is -1.63. The summed E-state index contributed by atoms with van der Waals surface area (Å²) in [5, 5.41) is 8.30. The van der Waals surface area contributed by atoms with E-state index < -0.39 is 11.9 Å². The molecule has 0 atom stereocenters. The highest BCUT2D eigenvalue weighted by atomic mass is 16.6. The third-order valence-corrected chi connectivity index (χ3v) is 1.57. The van der Waals surface area contributed by atoms with E-state index >= 15 is 0 Å². The van der Waals surface area contributed by atoms with E-state index in [0.29, 0.717) is 5.56 Å². The summed E-state index contributed by atoms with van der Waals surface area (Å²) in [5.41, 5.74) is 5.95. The van der Waals surface area contributed by atoms with Gasteiger partial charge >= 0.3 is 11.9 Å². The highest BCUT2D eigenvalue weighted by Crippen LogP contribution is 2.16. The molecule has 1 aromatic carbocycles. The van der Waals surface area contributed by atoms with Crippen molar-refractivity contribution in [3.05, 3.63) is 29.8 Å². The Hall–Kier alpha value is -1.88. The van der Waals surface area contributed by atoms with Gasteiger partial charge in [0.05, 0.1) is 0 Å². The van der Waals surface area contributed by atoms with Crippen LogP contribution in [0.1, 0.15) is 5.56 Å². The number of hydrogen-bond donors (Lipinski definition) is 2. The average molecular weight is 195 g/mol. The van der Waals surface area contributed by atoms with Crippen molar-refractivity contribution in [2.24, 2.45) is 5.73 Å². The van der Waals surface area contributed by atoms with Gasteiger partial charge in [0.2, 0.25) is 0 Å². The molecule has 0 radical (unpaired) electrons. The first kappa shape index (κ1) is 10.2. The van der Waals surface area contributed by atoms with Crippen LogP contribution in [-0.2, 0) is 16.1 Å². The van der Waals surface area contributed by atoms with E-state index in [0.717, 1.165) is 0 Å². The summed E-state index contributed by atoms with van der Waals surface area (Å²) in [7, 11) is 0. The van der Waals surface area contributed by atoms with E-state index in [1.807, 2.05) is 0 Å². The molecule has 14 heavy (non-hydrogen) atoms. The number of nitrogens with two attached hydrogens (primary N) is 1. The van der Waals surface area contributed by atoms with Crippen LogP contribution in [0.25, 0.3) is 0 Å². The molecule has 0 bridgehead atoms. The predicted octanol–water partition coefficient (Wildman–Crippen LogP) is 0.135. The summed E-state index contributed by atoms with van der Waals surface area (Å²) in [6.07, 6.45) is 0. The maximum Gasteiger partial charge on any atom is 0.422 e. The Labute approximate surface area is 80.1 Å². The Morgan fingerprint density at radius 2 is 2.00 bits per heavy atom. The normalized spacial score (nSPS) is 9.50. The van der Waals surface area contributed by atoms with Crippen LogP contribution >= 0.6 is 0 Å². The number of carbonyl (C=O) groups excluding carboxylic acids is 1. The zero-order valence-corrected chi connectivity index (χ0v) is 7.27. The van der Waals surface area contributed by atoms with Crippen molar-refractivity contribution in [2.75, 3.05) is 0 Å². The number of para-hydroxylation sites is 1. The summed E-state index contributed by atoms with van der Waals surface area (Å²) >= 11 is 0. The van der Waals surface area contributed by atoms with Gasteiger partial charge in [-0.15, -0.1) is 0 Å². The molecule has 0 aliphatic heterocycles. The topological polar surface area (TPSA) is 89.6 Å². The largest absolute Gasteiger partial charge is 0.473 e. The van der Waals surface area contributed by atoms with Crippen molar-refractivity contribution in [1.82, 2.24) is 0 Å². The van der Waals surface area contributed by atoms with Crippen LogP contribution < -0.4 is 10.5 Å². The average Bonchev–Trinajstić information content (AvgIpc) is 2.18. The zero-order valence-electron chi connectivity index (χ0n) is 7.27. The van der Waals surface area contributed by atoms with Gasteiger partial charge in [-0.1, -0.05) is 18.2 Å². The fourth-order valence-electron chi connectivity index (χ4n) is 0.916. The highest BCUT2D eigenvalue weighted by Gasteiger charge is 2.15. The van der Waals surface area contributed by atoms with Gasteiger partial charge in [-0.3, -0.25) is 0 Å². The molecule has 5 heteroatoms. The molecule has 3 N–H and O–H groups in total. The third-order valence-electron chi connectivity index (χ3n) is 1.57. The molecule has 1 rings (SSSR count). The first-order valence-corrected chi connectivity index (χ1v) is 3.88. The molecular weight excluding hydrogens is 186 g/mol. The number of rotatable bonds is 2. The lowest BCUT2D eigenvalue weighted by Gasteiger charge is -2.05. The summed E-state index contributed by atoms with van der Waals surface area (Å²) in [6, 6.07) is 6.50. The van der Waals surface area contributed by atoms with Gasteiger partial charge in [0.15, 0.2) is 0 Å². The maximum atomic E-state index is 10.7. The number of ether oxygens (including phenoxy) is 1. The van der Waals surface area contributed by atoms with E-state index in [-0.39, 0.29) is 12.3 Å². The van der Waals surface area contributed by atoms with Crippen molar-refractivity contribution in [1.29, 1.82) is 0 Å². The smallest absolute Gasteiger partial charge is 0.422 e. The quantitative estimate of drug-likeness (QED) is 0.398. The molecule has 0 amide bonds. The third kappa shape index (κ3) is 2.30. The van der Waals surface area contributed by atoms with Gasteiger partial charge in [-0.2, -0.15) is 0 Å². The van der Waals surface area contributed by atoms with E-state index in [9.17, 15) is 9.59 Å². The Balaban J connectivity index is 2.85. The van der Waals surface area contributed by atoms with Gasteiger partial charge in [0.1, 0.15) is 5.75 Å². The lowest BCUT2D eigenvalue weighted by atomic mass is 10.2. The maximum absolute atomic E-state index is 10.7. The van der Waals surface area contributed by atoms with Crippen LogP contribution in [-0.4, -0.2) is 17.0 Å². The Bertz CT molecular complexity index is 362. The molecular formula is C9H9NO4. The fraction of sp³-hybridized carbons (Fsp3) is 0.111. The van der Waals surface area contributed by atoms with Crippen molar-refractivity contribution < 1.29 is 19.4 Å². The number of carboxylic acids is 1. The minimum Gasteiger partial charge on any atom is -0.473 e. The van der Waals surface area contributed by atoms with Crippen molar-refractivity contribution in [3.63, 3.8) is 0 Å². The van der Waals surface area contributed by atoms with Gasteiger partial charge in [-0.05, 0) is 6.07 Å². The molecule has 0 saturated carbocycles. The van der Waals surface area contributed by atoms with Crippen molar-refractivity contribution in [3.8, 4) is 5.75 Å². The number of carbonyl (C=O) groups is 2. The lowest BCUT2D eigenvalue weighted by molar-refractivity contribution is -0.158. The molecule has 0 heterocycles. The van der Waals surface area contributed by atoms with Crippen molar-refractivity contribution in [2.45, 2.75) is 6.54 Å². The van der Waals surface area contributed by atoms with Crippen LogP contribution in [0.2, 0.25) is 0 Å². The molecule has 1 aromatic rings. The molecule has 0 aromatic heterocycles. The SMILES string of the molecule is NCc1ccccc1OC(=O)C(=O)O. The monoisotopic (exact) mass is 195 g/mol. The molecule has 74 valence electrons. The molecule has 0 spiro atoms. The summed E-state index contributed by atoms with van der Waals surface area (Å²) in [4.78, 5) is 20.9. The minimum absolute atomic E-state index is 0.183. The van der Waals surface area contributed by atoms with Gasteiger partial charge in [-0.25, -0.2) is 9.59 Å². The number of hydrogen-bond acceptors (Lipinski definition) is 4. The molecule has 0 unspecified atom stereocenters. The second-order valence-corrected chi connectivity index (χ2v) is 2.51. The second kappa shape index (κ2) is 4.38. The highest BCUT2D eigenvalue weighted by molar-refractivity contribution is 6.29. The summed E-state index contributed by atoms with van der Waals surface area (Å²) < 4.78 is 4.58.